The van der Waals surface area contributed by atoms with Gasteiger partial charge in [-0.2, -0.15) is 0 Å². The molecule has 0 bridgehead atoms. The lowest BCUT2D eigenvalue weighted by atomic mass is 9.48. The zero-order chi connectivity index (χ0) is 24.6. The maximum atomic E-state index is 14.1. The van der Waals surface area contributed by atoms with Crippen LogP contribution in [0.1, 0.15) is 85.1 Å². The third kappa shape index (κ3) is 4.03. The Morgan fingerprint density at radius 2 is 1.76 bits per heavy atom. The second-order valence-corrected chi connectivity index (χ2v) is 11.2. The summed E-state index contributed by atoms with van der Waals surface area (Å²) in [6, 6.07) is 10.5. The maximum Gasteiger partial charge on any atom is 0.318 e. The second-order valence-electron chi connectivity index (χ2n) is 11.2. The van der Waals surface area contributed by atoms with Crippen LogP contribution in [-0.4, -0.2) is 36.9 Å². The van der Waals surface area contributed by atoms with Gasteiger partial charge < -0.3 is 14.2 Å². The molecule has 34 heavy (non-hydrogen) atoms. The van der Waals surface area contributed by atoms with Crippen molar-refractivity contribution in [2.75, 3.05) is 13.2 Å². The van der Waals surface area contributed by atoms with E-state index in [0.29, 0.717) is 44.8 Å². The quantitative estimate of drug-likeness (QED) is 0.353. The molecule has 0 radical (unpaired) electrons. The van der Waals surface area contributed by atoms with Crippen LogP contribution in [0.5, 0.6) is 0 Å². The van der Waals surface area contributed by atoms with Gasteiger partial charge in [-0.05, 0) is 56.4 Å². The molecule has 5 nitrogen and oxygen atoms in total. The summed E-state index contributed by atoms with van der Waals surface area (Å²) < 4.78 is 18.8. The molecule has 5 heteroatoms. The van der Waals surface area contributed by atoms with Crippen LogP contribution in [0.2, 0.25) is 0 Å². The van der Waals surface area contributed by atoms with Gasteiger partial charge in [-0.25, -0.2) is 0 Å². The Morgan fingerprint density at radius 3 is 2.41 bits per heavy atom. The monoisotopic (exact) mass is 470 g/mol. The van der Waals surface area contributed by atoms with Crippen LogP contribution in [0.25, 0.3) is 0 Å². The zero-order valence-corrected chi connectivity index (χ0v) is 21.6. The van der Waals surface area contributed by atoms with Gasteiger partial charge in [0, 0.05) is 37.9 Å². The molecule has 3 aliphatic rings. The molecule has 0 unspecified atom stereocenters. The van der Waals surface area contributed by atoms with Gasteiger partial charge in [0.15, 0.2) is 5.79 Å². The van der Waals surface area contributed by atoms with Crippen molar-refractivity contribution in [2.24, 2.45) is 23.2 Å². The van der Waals surface area contributed by atoms with Crippen LogP contribution in [0, 0.1) is 23.2 Å². The van der Waals surface area contributed by atoms with Crippen molar-refractivity contribution in [2.45, 2.75) is 96.9 Å². The van der Waals surface area contributed by atoms with Gasteiger partial charge in [-0.15, -0.1) is 0 Å². The van der Waals surface area contributed by atoms with Crippen LogP contribution >= 0.6 is 0 Å². The van der Waals surface area contributed by atoms with E-state index in [2.05, 4.69) is 45.0 Å². The molecule has 0 aromatic heterocycles. The van der Waals surface area contributed by atoms with Gasteiger partial charge in [-0.3, -0.25) is 9.59 Å². The number of fused-ring (bicyclic) bond motifs is 1. The Hall–Kier alpha value is -1.72. The van der Waals surface area contributed by atoms with Gasteiger partial charge in [0.2, 0.25) is 0 Å². The number of carbonyl (C=O) groups excluding carboxylic acids is 2. The molecule has 0 heterocycles. The lowest BCUT2D eigenvalue weighted by molar-refractivity contribution is -0.364. The number of rotatable bonds is 8. The number of carbonyl (C=O) groups is 2. The van der Waals surface area contributed by atoms with Crippen molar-refractivity contribution in [1.82, 2.24) is 0 Å². The van der Waals surface area contributed by atoms with Gasteiger partial charge in [0.05, 0.1) is 0 Å². The fourth-order valence-electron chi connectivity index (χ4n) is 7.12. The summed E-state index contributed by atoms with van der Waals surface area (Å²) in [6.45, 7) is 11.5. The molecular formula is C29H42O5. The Kier molecular flexibility index (Phi) is 7.26. The standard InChI is InChI=1S/C29H42O5/c1-6-32-29(33-7-2)19-23-24(30)14-11-17-28(23,29)26(31)34-25-18-20(3)15-16-22(25)27(4,5)21-12-9-8-10-13-21/h8-10,12-13,20,22-23,25H,6-7,11,14-19H2,1-5H3/t20-,22+,23+,25+,28-/m1/s1. The molecule has 3 fully saturated rings. The minimum absolute atomic E-state index is 0.137. The van der Waals surface area contributed by atoms with E-state index in [1.54, 1.807) is 0 Å². The largest absolute Gasteiger partial charge is 0.461 e. The molecule has 0 spiro atoms. The van der Waals surface area contributed by atoms with Crippen molar-refractivity contribution in [1.29, 1.82) is 0 Å². The summed E-state index contributed by atoms with van der Waals surface area (Å²) in [5.74, 6) is -0.861. The average Bonchev–Trinajstić information content (AvgIpc) is 2.80. The van der Waals surface area contributed by atoms with Crippen molar-refractivity contribution in [3.63, 3.8) is 0 Å². The van der Waals surface area contributed by atoms with Crippen molar-refractivity contribution in [3.8, 4) is 0 Å². The molecule has 1 aromatic carbocycles. The third-order valence-electron chi connectivity index (χ3n) is 9.01. The first-order chi connectivity index (χ1) is 16.2. The average molecular weight is 471 g/mol. The van der Waals surface area contributed by atoms with Gasteiger partial charge >= 0.3 is 5.97 Å². The summed E-state index contributed by atoms with van der Waals surface area (Å²) >= 11 is 0. The first kappa shape index (κ1) is 25.4. The lowest BCUT2D eigenvalue weighted by Crippen LogP contribution is -2.73. The Morgan fingerprint density at radius 1 is 1.09 bits per heavy atom. The molecule has 1 aromatic rings. The topological polar surface area (TPSA) is 61.8 Å². The highest BCUT2D eigenvalue weighted by atomic mass is 16.7. The van der Waals surface area contributed by atoms with Crippen LogP contribution < -0.4 is 0 Å². The molecule has 5 atom stereocenters. The molecular weight excluding hydrogens is 428 g/mol. The van der Waals surface area contributed by atoms with Crippen molar-refractivity contribution >= 4 is 11.8 Å². The van der Waals surface area contributed by atoms with E-state index < -0.39 is 11.2 Å². The summed E-state index contributed by atoms with van der Waals surface area (Å²) in [5.41, 5.74) is 0.0971. The molecule has 188 valence electrons. The molecule has 3 aliphatic carbocycles. The van der Waals surface area contributed by atoms with Crippen molar-refractivity contribution < 1.29 is 23.8 Å². The van der Waals surface area contributed by atoms with Crippen LogP contribution in [0.3, 0.4) is 0 Å². The van der Waals surface area contributed by atoms with E-state index in [1.165, 1.54) is 5.56 Å². The van der Waals surface area contributed by atoms with Gasteiger partial charge in [-0.1, -0.05) is 57.5 Å². The number of esters is 1. The van der Waals surface area contributed by atoms with E-state index in [-0.39, 0.29) is 35.1 Å². The number of hydrogen-bond donors (Lipinski definition) is 0. The third-order valence-corrected chi connectivity index (χ3v) is 9.01. The molecule has 0 amide bonds. The minimum Gasteiger partial charge on any atom is -0.461 e. The van der Waals surface area contributed by atoms with Crippen molar-refractivity contribution in [3.05, 3.63) is 35.9 Å². The SMILES string of the molecule is CCOC1(OCC)C[C@H]2C(=O)CCC[C@]21C(=O)O[C@H]1C[C@H](C)CC[C@@H]1C(C)(C)c1ccccc1. The molecule has 0 N–H and O–H groups in total. The van der Waals surface area contributed by atoms with Crippen LogP contribution in [0.4, 0.5) is 0 Å². The predicted molar refractivity (Wildman–Crippen MR) is 131 cm³/mol. The Balaban J connectivity index is 1.65. The Labute approximate surface area is 204 Å². The highest BCUT2D eigenvalue weighted by Gasteiger charge is 2.75. The van der Waals surface area contributed by atoms with E-state index in [9.17, 15) is 9.59 Å². The van der Waals surface area contributed by atoms with E-state index >= 15 is 0 Å². The number of Topliss-reactive ketones (excluding diaryl/α,β-unsaturated/α-hetero) is 1. The van der Waals surface area contributed by atoms with E-state index in [1.807, 2.05) is 19.9 Å². The second kappa shape index (κ2) is 9.73. The Bertz CT molecular complexity index is 872. The van der Waals surface area contributed by atoms with E-state index in [0.717, 1.165) is 19.3 Å². The number of ether oxygens (including phenoxy) is 3. The number of ketones is 1. The fourth-order valence-corrected chi connectivity index (χ4v) is 7.12. The zero-order valence-electron chi connectivity index (χ0n) is 21.6. The number of benzene rings is 1. The molecule has 0 saturated heterocycles. The molecule has 4 rings (SSSR count). The fraction of sp³-hybridized carbons (Fsp3) is 0.724. The smallest absolute Gasteiger partial charge is 0.318 e. The molecule has 3 saturated carbocycles. The van der Waals surface area contributed by atoms with Crippen LogP contribution in [-0.2, 0) is 29.2 Å². The number of hydrogen-bond acceptors (Lipinski definition) is 5. The first-order valence-electron chi connectivity index (χ1n) is 13.3. The summed E-state index contributed by atoms with van der Waals surface area (Å²) in [5, 5.41) is 0. The van der Waals surface area contributed by atoms with Gasteiger partial charge in [0.25, 0.3) is 0 Å². The van der Waals surface area contributed by atoms with Crippen LogP contribution in [0.15, 0.2) is 30.3 Å². The highest BCUT2D eigenvalue weighted by molar-refractivity contribution is 5.93. The summed E-state index contributed by atoms with van der Waals surface area (Å²) in [4.78, 5) is 27.0. The lowest BCUT2D eigenvalue weighted by Gasteiger charge is -2.62. The highest BCUT2D eigenvalue weighted by Crippen LogP contribution is 2.63. The summed E-state index contributed by atoms with van der Waals surface area (Å²) in [7, 11) is 0. The first-order valence-corrected chi connectivity index (χ1v) is 13.3. The predicted octanol–water partition coefficient (Wildman–Crippen LogP) is 5.84. The van der Waals surface area contributed by atoms with Gasteiger partial charge in [0.1, 0.15) is 17.3 Å². The normalized spacial score (nSPS) is 33.0. The maximum absolute atomic E-state index is 14.1. The molecule has 0 aliphatic heterocycles. The minimum atomic E-state index is -1.06. The summed E-state index contributed by atoms with van der Waals surface area (Å²) in [6.07, 6.45) is 5.02. The van der Waals surface area contributed by atoms with E-state index in [4.69, 9.17) is 14.2 Å².